The summed E-state index contributed by atoms with van der Waals surface area (Å²) in [4.78, 5) is 4.70. The van der Waals surface area contributed by atoms with Crippen molar-refractivity contribution < 1.29 is 0 Å². The first-order valence-electron chi connectivity index (χ1n) is 7.53. The minimum Gasteiger partial charge on any atom is -0.271 e. The molecule has 0 aliphatic heterocycles. The Labute approximate surface area is 127 Å². The highest BCUT2D eigenvalue weighted by molar-refractivity contribution is 6.12. The van der Waals surface area contributed by atoms with E-state index >= 15 is 0 Å². The second-order valence-electron chi connectivity index (χ2n) is 4.92. The van der Waals surface area contributed by atoms with Crippen LogP contribution in [0.5, 0.6) is 0 Å². The summed E-state index contributed by atoms with van der Waals surface area (Å²) in [6.45, 7) is 2.86. The van der Waals surface area contributed by atoms with Gasteiger partial charge in [-0.3, -0.25) is 4.99 Å². The molecular weight excluding hydrogens is 254 g/mol. The van der Waals surface area contributed by atoms with Gasteiger partial charge in [0.05, 0.1) is 6.54 Å². The van der Waals surface area contributed by atoms with Crippen molar-refractivity contribution >= 4 is 5.71 Å². The van der Waals surface area contributed by atoms with Crippen molar-refractivity contribution in [3.8, 4) is 11.8 Å². The molecule has 0 aliphatic rings. The van der Waals surface area contributed by atoms with E-state index in [2.05, 4.69) is 43.0 Å². The van der Waals surface area contributed by atoms with Crippen LogP contribution in [0.1, 0.15) is 37.3 Å². The Morgan fingerprint density at radius 1 is 0.952 bits per heavy atom. The first-order valence-corrected chi connectivity index (χ1v) is 7.53. The van der Waals surface area contributed by atoms with Crippen LogP contribution < -0.4 is 0 Å². The van der Waals surface area contributed by atoms with Crippen LogP contribution in [0.15, 0.2) is 65.7 Å². The molecule has 0 fully saturated rings. The van der Waals surface area contributed by atoms with Crippen molar-refractivity contribution in [3.05, 3.63) is 71.8 Å². The van der Waals surface area contributed by atoms with Crippen LogP contribution in [0.3, 0.4) is 0 Å². The lowest BCUT2D eigenvalue weighted by Crippen LogP contribution is -1.98. The number of benzene rings is 2. The molecule has 106 valence electrons. The average molecular weight is 275 g/mol. The minimum atomic E-state index is 0.674. The molecule has 0 saturated carbocycles. The molecule has 0 radical (unpaired) electrons. The van der Waals surface area contributed by atoms with Crippen LogP contribution >= 0.6 is 0 Å². The maximum atomic E-state index is 4.70. The van der Waals surface area contributed by atoms with Gasteiger partial charge in [0, 0.05) is 12.0 Å². The summed E-state index contributed by atoms with van der Waals surface area (Å²) in [6.07, 6.45) is 3.26. The Hall–Kier alpha value is -2.33. The van der Waals surface area contributed by atoms with E-state index < -0.39 is 0 Å². The molecule has 0 unspecified atom stereocenters. The van der Waals surface area contributed by atoms with Gasteiger partial charge in [0.25, 0.3) is 0 Å². The molecule has 2 rings (SSSR count). The highest BCUT2D eigenvalue weighted by Crippen LogP contribution is 2.05. The molecule has 0 aliphatic carbocycles. The Kier molecular flexibility index (Phi) is 6.29. The summed E-state index contributed by atoms with van der Waals surface area (Å²) in [5.41, 5.74) is 3.19. The van der Waals surface area contributed by atoms with Crippen molar-refractivity contribution in [3.63, 3.8) is 0 Å². The van der Waals surface area contributed by atoms with Crippen LogP contribution in [0, 0.1) is 11.8 Å². The molecule has 0 bridgehead atoms. The average Bonchev–Trinajstić information content (AvgIpc) is 2.56. The first kappa shape index (κ1) is 15.1. The van der Waals surface area contributed by atoms with Crippen LogP contribution in [0.4, 0.5) is 0 Å². The van der Waals surface area contributed by atoms with Gasteiger partial charge in [-0.2, -0.15) is 0 Å². The van der Waals surface area contributed by atoms with Crippen molar-refractivity contribution in [1.82, 2.24) is 0 Å². The van der Waals surface area contributed by atoms with E-state index in [1.165, 1.54) is 12.0 Å². The molecule has 0 heterocycles. The summed E-state index contributed by atoms with van der Waals surface area (Å²) in [6, 6.07) is 20.5. The fourth-order valence-electron chi connectivity index (χ4n) is 1.96. The van der Waals surface area contributed by atoms with Crippen molar-refractivity contribution in [2.75, 3.05) is 0 Å². The summed E-state index contributed by atoms with van der Waals surface area (Å²) in [5.74, 6) is 6.48. The SMILES string of the molecule is CCCCC#CC(=NCc1ccccc1)c1ccccc1. The molecule has 2 aromatic rings. The Morgan fingerprint density at radius 3 is 2.29 bits per heavy atom. The predicted molar refractivity (Wildman–Crippen MR) is 90.4 cm³/mol. The third-order valence-electron chi connectivity index (χ3n) is 3.17. The third kappa shape index (κ3) is 5.28. The van der Waals surface area contributed by atoms with Crippen molar-refractivity contribution in [2.24, 2.45) is 4.99 Å². The Bertz CT molecular complexity index is 615. The van der Waals surface area contributed by atoms with Gasteiger partial charge in [0.2, 0.25) is 0 Å². The van der Waals surface area contributed by atoms with Gasteiger partial charge in [-0.25, -0.2) is 0 Å². The van der Waals surface area contributed by atoms with E-state index in [4.69, 9.17) is 4.99 Å². The van der Waals surface area contributed by atoms with Crippen molar-refractivity contribution in [2.45, 2.75) is 32.7 Å². The van der Waals surface area contributed by atoms with E-state index in [-0.39, 0.29) is 0 Å². The molecule has 1 nitrogen and oxygen atoms in total. The largest absolute Gasteiger partial charge is 0.271 e. The maximum Gasteiger partial charge on any atom is 0.115 e. The van der Waals surface area contributed by atoms with Gasteiger partial charge in [0.15, 0.2) is 0 Å². The second-order valence-corrected chi connectivity index (χ2v) is 4.92. The Balaban J connectivity index is 2.16. The molecule has 0 spiro atoms. The zero-order valence-electron chi connectivity index (χ0n) is 12.5. The third-order valence-corrected chi connectivity index (χ3v) is 3.17. The molecule has 0 N–H and O–H groups in total. The standard InChI is InChI=1S/C20H21N/c1-2-3-4-11-16-20(19-14-9-6-10-15-19)21-17-18-12-7-5-8-13-18/h5-10,12-15H,2-4,17H2,1H3. The van der Waals surface area contributed by atoms with Crippen LogP contribution in [-0.4, -0.2) is 5.71 Å². The number of hydrogen-bond acceptors (Lipinski definition) is 1. The van der Waals surface area contributed by atoms with Gasteiger partial charge >= 0.3 is 0 Å². The van der Waals surface area contributed by atoms with Gasteiger partial charge in [-0.15, -0.1) is 0 Å². The molecule has 21 heavy (non-hydrogen) atoms. The van der Waals surface area contributed by atoms with Gasteiger partial charge < -0.3 is 0 Å². The quantitative estimate of drug-likeness (QED) is 0.419. The minimum absolute atomic E-state index is 0.674. The van der Waals surface area contributed by atoms with Gasteiger partial charge in [-0.1, -0.05) is 79.9 Å². The number of rotatable bonds is 5. The molecular formula is C20H21N. The van der Waals surface area contributed by atoms with Gasteiger partial charge in [-0.05, 0) is 17.9 Å². The number of unbranched alkanes of at least 4 members (excludes halogenated alkanes) is 2. The molecule has 0 amide bonds. The topological polar surface area (TPSA) is 12.4 Å². The molecule has 2 aromatic carbocycles. The lowest BCUT2D eigenvalue weighted by Gasteiger charge is -2.01. The summed E-state index contributed by atoms with van der Waals surface area (Å²) in [5, 5.41) is 0. The highest BCUT2D eigenvalue weighted by atomic mass is 14.7. The lowest BCUT2D eigenvalue weighted by atomic mass is 10.1. The maximum absolute atomic E-state index is 4.70. The fraction of sp³-hybridized carbons (Fsp3) is 0.250. The molecule has 0 saturated heterocycles. The molecule has 0 aromatic heterocycles. The zero-order valence-corrected chi connectivity index (χ0v) is 12.5. The first-order chi connectivity index (χ1) is 10.4. The highest BCUT2D eigenvalue weighted by Gasteiger charge is 1.99. The summed E-state index contributed by atoms with van der Waals surface area (Å²) >= 11 is 0. The zero-order chi connectivity index (χ0) is 14.8. The molecule has 1 heteroatoms. The van der Waals surface area contributed by atoms with Crippen LogP contribution in [0.25, 0.3) is 0 Å². The van der Waals surface area contributed by atoms with Crippen molar-refractivity contribution in [1.29, 1.82) is 0 Å². The Morgan fingerprint density at radius 2 is 1.62 bits per heavy atom. The van der Waals surface area contributed by atoms with E-state index in [0.29, 0.717) is 6.54 Å². The monoisotopic (exact) mass is 275 g/mol. The summed E-state index contributed by atoms with van der Waals surface area (Å²) < 4.78 is 0. The number of hydrogen-bond donors (Lipinski definition) is 0. The smallest absolute Gasteiger partial charge is 0.115 e. The number of nitrogens with zero attached hydrogens (tertiary/aromatic N) is 1. The van der Waals surface area contributed by atoms with Crippen LogP contribution in [-0.2, 0) is 6.54 Å². The lowest BCUT2D eigenvalue weighted by molar-refractivity contribution is 0.828. The van der Waals surface area contributed by atoms with E-state index in [9.17, 15) is 0 Å². The summed E-state index contributed by atoms with van der Waals surface area (Å²) in [7, 11) is 0. The second kappa shape index (κ2) is 8.76. The molecule has 0 atom stereocenters. The number of aliphatic imine (C=N–C) groups is 1. The van der Waals surface area contributed by atoms with E-state index in [1.54, 1.807) is 0 Å². The normalized spacial score (nSPS) is 10.8. The van der Waals surface area contributed by atoms with E-state index in [1.807, 2.05) is 36.4 Å². The van der Waals surface area contributed by atoms with Gasteiger partial charge in [0.1, 0.15) is 5.71 Å². The fourth-order valence-corrected chi connectivity index (χ4v) is 1.96. The predicted octanol–water partition coefficient (Wildman–Crippen LogP) is 4.87. The van der Waals surface area contributed by atoms with E-state index in [0.717, 1.165) is 24.1 Å². The van der Waals surface area contributed by atoms with Crippen LogP contribution in [0.2, 0.25) is 0 Å².